The fourth-order valence-electron chi connectivity index (χ4n) is 2.67. The molecule has 0 radical (unpaired) electrons. The molecular weight excluding hydrogens is 406 g/mol. The topological polar surface area (TPSA) is 114 Å². The predicted octanol–water partition coefficient (Wildman–Crippen LogP) is 2.43. The normalized spacial score (nSPS) is 11.8. The second kappa shape index (κ2) is 9.37. The number of aliphatic hydroxyl groups is 1. The van der Waals surface area contributed by atoms with Crippen molar-refractivity contribution >= 4 is 25.1 Å². The highest BCUT2D eigenvalue weighted by atomic mass is 28.3. The summed E-state index contributed by atoms with van der Waals surface area (Å²) < 4.78 is 19.3. The molecule has 0 bridgehead atoms. The van der Waals surface area contributed by atoms with E-state index in [0.717, 1.165) is 6.04 Å². The average Bonchev–Trinajstić information content (AvgIpc) is 3.34. The summed E-state index contributed by atoms with van der Waals surface area (Å²) in [6, 6.07) is 2.77. The zero-order valence-corrected chi connectivity index (χ0v) is 18.7. The molecule has 0 aliphatic rings. The monoisotopic (exact) mass is 433 g/mol. The largest absolute Gasteiger partial charge is 0.462 e. The van der Waals surface area contributed by atoms with Crippen LogP contribution in [-0.2, 0) is 16.2 Å². The highest BCUT2D eigenvalue weighted by Crippen LogP contribution is 2.25. The maximum Gasteiger partial charge on any atom is 0.341 e. The van der Waals surface area contributed by atoms with Gasteiger partial charge in [-0.25, -0.2) is 14.5 Å². The summed E-state index contributed by atoms with van der Waals surface area (Å²) in [6.07, 6.45) is 4.58. The first-order chi connectivity index (χ1) is 14.3. The van der Waals surface area contributed by atoms with Gasteiger partial charge in [0.25, 0.3) is 5.95 Å². The molecule has 3 aromatic heterocycles. The van der Waals surface area contributed by atoms with Gasteiger partial charge in [-0.15, -0.1) is 0 Å². The summed E-state index contributed by atoms with van der Waals surface area (Å²) in [7, 11) is -1.19. The number of esters is 1. The highest BCUT2D eigenvalue weighted by Gasteiger charge is 2.17. The summed E-state index contributed by atoms with van der Waals surface area (Å²) in [5.41, 5.74) is 1.41. The summed E-state index contributed by atoms with van der Waals surface area (Å²) in [5, 5.41) is 13.8. The van der Waals surface area contributed by atoms with Crippen molar-refractivity contribution in [3.63, 3.8) is 0 Å². The molecule has 0 aromatic carbocycles. The summed E-state index contributed by atoms with van der Waals surface area (Å²) >= 11 is 0. The van der Waals surface area contributed by atoms with Crippen molar-refractivity contribution in [2.45, 2.75) is 39.3 Å². The van der Waals surface area contributed by atoms with Crippen LogP contribution in [0.25, 0.3) is 17.0 Å². The number of carbonyl (C=O) groups is 1. The molecule has 3 rings (SSSR count). The Morgan fingerprint density at radius 2 is 2.07 bits per heavy atom. The van der Waals surface area contributed by atoms with Gasteiger partial charge in [0.15, 0.2) is 6.79 Å². The van der Waals surface area contributed by atoms with Crippen LogP contribution in [0.5, 0.6) is 5.88 Å². The fourth-order valence-corrected chi connectivity index (χ4v) is 3.42. The lowest BCUT2D eigenvalue weighted by Crippen LogP contribution is -2.22. The van der Waals surface area contributed by atoms with Crippen LogP contribution >= 0.6 is 0 Å². The molecule has 30 heavy (non-hydrogen) atoms. The van der Waals surface area contributed by atoms with Crippen LogP contribution in [-0.4, -0.2) is 63.5 Å². The third-order valence-electron chi connectivity index (χ3n) is 4.29. The number of fused-ring (bicyclic) bond motifs is 1. The minimum absolute atomic E-state index is 0.0276. The Bertz CT molecular complexity index is 1010. The van der Waals surface area contributed by atoms with Gasteiger partial charge >= 0.3 is 5.97 Å². The molecule has 3 aromatic rings. The van der Waals surface area contributed by atoms with Crippen LogP contribution in [0, 0.1) is 0 Å². The van der Waals surface area contributed by atoms with E-state index in [9.17, 15) is 9.90 Å². The van der Waals surface area contributed by atoms with Crippen molar-refractivity contribution in [3.8, 4) is 11.8 Å². The van der Waals surface area contributed by atoms with E-state index >= 15 is 0 Å². The lowest BCUT2D eigenvalue weighted by atomic mass is 10.4. The van der Waals surface area contributed by atoms with Crippen LogP contribution < -0.4 is 4.74 Å². The Labute approximate surface area is 175 Å². The number of aromatic nitrogens is 5. The van der Waals surface area contributed by atoms with E-state index in [1.807, 2.05) is 0 Å². The fraction of sp³-hybridized carbons (Fsp3) is 0.474. The zero-order valence-electron chi connectivity index (χ0n) is 17.7. The molecule has 162 valence electrons. The van der Waals surface area contributed by atoms with Crippen molar-refractivity contribution in [2.24, 2.45) is 0 Å². The Kier molecular flexibility index (Phi) is 6.85. The number of ether oxygens (including phenoxy) is 3. The maximum atomic E-state index is 11.9. The summed E-state index contributed by atoms with van der Waals surface area (Å²) in [5.74, 6) is 0.0182. The van der Waals surface area contributed by atoms with Crippen LogP contribution in [0.3, 0.4) is 0 Å². The van der Waals surface area contributed by atoms with Gasteiger partial charge in [0.05, 0.1) is 23.9 Å². The molecule has 11 heteroatoms. The molecular formula is C19H27N5O5Si. The second-order valence-corrected chi connectivity index (χ2v) is 13.5. The SMILES string of the molecule is CCOC(=O)c1cnn(-c2nc(OCOCC[Si](C)(C)C)c3c(ccn3CO)n2)c1. The van der Waals surface area contributed by atoms with Gasteiger partial charge in [-0.3, -0.25) is 0 Å². The molecule has 0 aliphatic heterocycles. The molecule has 0 amide bonds. The summed E-state index contributed by atoms with van der Waals surface area (Å²) in [4.78, 5) is 20.8. The van der Waals surface area contributed by atoms with Crippen LogP contribution in [0.1, 0.15) is 17.3 Å². The number of nitrogens with zero attached hydrogens (tertiary/aromatic N) is 5. The molecule has 0 saturated carbocycles. The molecule has 1 N–H and O–H groups in total. The van der Waals surface area contributed by atoms with E-state index in [-0.39, 0.29) is 32.0 Å². The third-order valence-corrected chi connectivity index (χ3v) is 6.00. The molecule has 0 saturated heterocycles. The van der Waals surface area contributed by atoms with Crippen LogP contribution in [0.15, 0.2) is 24.7 Å². The van der Waals surface area contributed by atoms with Gasteiger partial charge in [-0.1, -0.05) is 19.6 Å². The van der Waals surface area contributed by atoms with Crippen molar-refractivity contribution in [1.82, 2.24) is 24.3 Å². The average molecular weight is 434 g/mol. The lowest BCUT2D eigenvalue weighted by Gasteiger charge is -2.15. The molecule has 3 heterocycles. The van der Waals surface area contributed by atoms with E-state index in [1.165, 1.54) is 17.1 Å². The van der Waals surface area contributed by atoms with E-state index in [2.05, 4.69) is 34.7 Å². The molecule has 10 nitrogen and oxygen atoms in total. The van der Waals surface area contributed by atoms with Crippen molar-refractivity contribution in [2.75, 3.05) is 20.0 Å². The van der Waals surface area contributed by atoms with Crippen LogP contribution in [0.2, 0.25) is 25.7 Å². The Morgan fingerprint density at radius 3 is 2.77 bits per heavy atom. The maximum absolute atomic E-state index is 11.9. The van der Waals surface area contributed by atoms with Gasteiger partial charge in [-0.05, 0) is 19.0 Å². The minimum atomic E-state index is -1.19. The van der Waals surface area contributed by atoms with Gasteiger partial charge in [0, 0.05) is 27.1 Å². The predicted molar refractivity (Wildman–Crippen MR) is 112 cm³/mol. The van der Waals surface area contributed by atoms with E-state index in [4.69, 9.17) is 14.2 Å². The Balaban J connectivity index is 1.84. The lowest BCUT2D eigenvalue weighted by molar-refractivity contribution is 0.0199. The van der Waals surface area contributed by atoms with E-state index in [0.29, 0.717) is 23.2 Å². The zero-order chi connectivity index (χ0) is 21.7. The molecule has 0 spiro atoms. The molecule has 0 atom stereocenters. The van der Waals surface area contributed by atoms with E-state index in [1.54, 1.807) is 23.8 Å². The molecule has 0 unspecified atom stereocenters. The van der Waals surface area contributed by atoms with E-state index < -0.39 is 14.0 Å². The Hall–Kier alpha value is -2.76. The van der Waals surface area contributed by atoms with Crippen molar-refractivity contribution in [1.29, 1.82) is 0 Å². The third kappa shape index (κ3) is 5.23. The Morgan fingerprint density at radius 1 is 1.27 bits per heavy atom. The second-order valence-electron chi connectivity index (χ2n) is 7.86. The quantitative estimate of drug-likeness (QED) is 0.224. The van der Waals surface area contributed by atoms with Crippen molar-refractivity contribution in [3.05, 3.63) is 30.2 Å². The first kappa shape index (κ1) is 21.9. The van der Waals surface area contributed by atoms with Gasteiger partial charge in [0.1, 0.15) is 12.2 Å². The standard InChI is InChI=1S/C19H27N5O5Si/c1-5-28-18(26)14-10-20-24(11-14)19-21-15-6-7-23(12-25)16(15)17(22-19)29-13-27-8-9-30(2,3)4/h6-7,10-11,25H,5,8-9,12-13H2,1-4H3. The van der Waals surface area contributed by atoms with Gasteiger partial charge in [-0.2, -0.15) is 10.1 Å². The first-order valence-electron chi connectivity index (χ1n) is 9.73. The number of aliphatic hydroxyl groups excluding tert-OH is 1. The number of rotatable bonds is 10. The molecule has 0 aliphatic carbocycles. The summed E-state index contributed by atoms with van der Waals surface area (Å²) in [6.45, 7) is 9.24. The number of hydrogen-bond acceptors (Lipinski definition) is 8. The minimum Gasteiger partial charge on any atom is -0.462 e. The number of carbonyl (C=O) groups excluding carboxylic acids is 1. The van der Waals surface area contributed by atoms with Gasteiger partial charge in [0.2, 0.25) is 5.88 Å². The smallest absolute Gasteiger partial charge is 0.341 e. The van der Waals surface area contributed by atoms with Crippen molar-refractivity contribution < 1.29 is 24.1 Å². The number of hydrogen-bond donors (Lipinski definition) is 1. The highest BCUT2D eigenvalue weighted by molar-refractivity contribution is 6.76. The van der Waals surface area contributed by atoms with Crippen LogP contribution in [0.4, 0.5) is 0 Å². The first-order valence-corrected chi connectivity index (χ1v) is 13.4. The molecule has 0 fully saturated rings. The van der Waals surface area contributed by atoms with Gasteiger partial charge < -0.3 is 23.9 Å².